The minimum Gasteiger partial charge on any atom is -0.312 e. The van der Waals surface area contributed by atoms with Crippen molar-refractivity contribution in [1.29, 1.82) is 0 Å². The smallest absolute Gasteiger partial charge is 0.0312 e. The molecule has 0 radical (unpaired) electrons. The van der Waals surface area contributed by atoms with Crippen LogP contribution in [0, 0.1) is 5.92 Å². The highest BCUT2D eigenvalue weighted by Gasteiger charge is 2.08. The van der Waals surface area contributed by atoms with Gasteiger partial charge in [-0.2, -0.15) is 0 Å². The van der Waals surface area contributed by atoms with Gasteiger partial charge in [0.05, 0.1) is 0 Å². The van der Waals surface area contributed by atoms with Crippen molar-refractivity contribution in [3.8, 4) is 0 Å². The van der Waals surface area contributed by atoms with E-state index in [1.165, 1.54) is 24.8 Å². The lowest BCUT2D eigenvalue weighted by atomic mass is 9.94. The first kappa shape index (κ1) is 10.4. The van der Waals surface area contributed by atoms with Crippen LogP contribution in [0.1, 0.15) is 24.8 Å². The molecule has 0 saturated carbocycles. The molecule has 0 aromatic carbocycles. The summed E-state index contributed by atoms with van der Waals surface area (Å²) in [5.74, 6) is 0.826. The highest BCUT2D eigenvalue weighted by atomic mass is 14.9. The second-order valence-electron chi connectivity index (χ2n) is 4.14. The molecule has 2 heteroatoms. The van der Waals surface area contributed by atoms with E-state index in [1.54, 1.807) is 0 Å². The molecule has 2 rings (SSSR count). The van der Waals surface area contributed by atoms with Crippen LogP contribution < -0.4 is 5.32 Å². The van der Waals surface area contributed by atoms with Crippen LogP contribution in [-0.4, -0.2) is 11.5 Å². The van der Waals surface area contributed by atoms with Crippen molar-refractivity contribution in [2.45, 2.75) is 25.8 Å². The van der Waals surface area contributed by atoms with Gasteiger partial charge in [-0.3, -0.25) is 4.98 Å². The number of nitrogens with one attached hydrogen (secondary N) is 1. The first-order valence-corrected chi connectivity index (χ1v) is 5.70. The lowest BCUT2D eigenvalue weighted by Crippen LogP contribution is -2.23. The zero-order valence-corrected chi connectivity index (χ0v) is 9.02. The molecule has 1 aromatic rings. The fourth-order valence-electron chi connectivity index (χ4n) is 1.97. The van der Waals surface area contributed by atoms with Gasteiger partial charge >= 0.3 is 0 Å². The normalized spacial score (nSPS) is 20.4. The maximum atomic E-state index is 4.10. The molecule has 1 aromatic heterocycles. The topological polar surface area (TPSA) is 24.9 Å². The molecule has 0 saturated heterocycles. The number of hydrogen-bond acceptors (Lipinski definition) is 2. The Morgan fingerprint density at radius 3 is 3.13 bits per heavy atom. The van der Waals surface area contributed by atoms with Gasteiger partial charge in [-0.1, -0.05) is 18.2 Å². The number of pyridine rings is 1. The third-order valence-electron chi connectivity index (χ3n) is 2.86. The summed E-state index contributed by atoms with van der Waals surface area (Å²) in [6.07, 6.45) is 12.1. The SMILES string of the molecule is C1=CCC(CNCc2cccnc2)CC1. The number of nitrogens with zero attached hydrogens (tertiary/aromatic N) is 1. The maximum absolute atomic E-state index is 4.10. The number of aromatic nitrogens is 1. The molecule has 0 amide bonds. The van der Waals surface area contributed by atoms with Gasteiger partial charge in [0.25, 0.3) is 0 Å². The van der Waals surface area contributed by atoms with E-state index in [-0.39, 0.29) is 0 Å². The highest BCUT2D eigenvalue weighted by Crippen LogP contribution is 2.16. The largest absolute Gasteiger partial charge is 0.312 e. The summed E-state index contributed by atoms with van der Waals surface area (Å²) in [7, 11) is 0. The van der Waals surface area contributed by atoms with Gasteiger partial charge in [0.1, 0.15) is 0 Å². The molecule has 2 nitrogen and oxygen atoms in total. The van der Waals surface area contributed by atoms with Crippen LogP contribution in [0.15, 0.2) is 36.7 Å². The highest BCUT2D eigenvalue weighted by molar-refractivity contribution is 5.07. The summed E-state index contributed by atoms with van der Waals surface area (Å²) >= 11 is 0. The first-order valence-electron chi connectivity index (χ1n) is 5.70. The van der Waals surface area contributed by atoms with Gasteiger partial charge in [-0.15, -0.1) is 0 Å². The van der Waals surface area contributed by atoms with E-state index in [0.717, 1.165) is 19.0 Å². The van der Waals surface area contributed by atoms with E-state index in [2.05, 4.69) is 28.5 Å². The minimum atomic E-state index is 0.826. The lowest BCUT2D eigenvalue weighted by Gasteiger charge is -2.18. The predicted molar refractivity (Wildman–Crippen MR) is 62.4 cm³/mol. The molecular formula is C13H18N2. The molecule has 0 aliphatic heterocycles. The second-order valence-corrected chi connectivity index (χ2v) is 4.14. The fraction of sp³-hybridized carbons (Fsp3) is 0.462. The Bertz CT molecular complexity index is 306. The molecule has 0 spiro atoms. The van der Waals surface area contributed by atoms with Crippen LogP contribution in [0.3, 0.4) is 0 Å². The number of allylic oxidation sites excluding steroid dienone is 2. The molecule has 1 N–H and O–H groups in total. The monoisotopic (exact) mass is 202 g/mol. The summed E-state index contributed by atoms with van der Waals surface area (Å²) in [6.45, 7) is 2.06. The first-order chi connectivity index (χ1) is 7.45. The van der Waals surface area contributed by atoms with E-state index in [4.69, 9.17) is 0 Å². The average Bonchev–Trinajstić information content (AvgIpc) is 2.32. The Kier molecular flexibility index (Phi) is 3.92. The van der Waals surface area contributed by atoms with Crippen molar-refractivity contribution in [3.63, 3.8) is 0 Å². The molecule has 0 fully saturated rings. The maximum Gasteiger partial charge on any atom is 0.0312 e. The molecule has 1 aliphatic rings. The van der Waals surface area contributed by atoms with Crippen LogP contribution >= 0.6 is 0 Å². The van der Waals surface area contributed by atoms with Crippen LogP contribution in [0.25, 0.3) is 0 Å². The van der Waals surface area contributed by atoms with Crippen molar-refractivity contribution in [2.24, 2.45) is 5.92 Å². The van der Waals surface area contributed by atoms with Crippen LogP contribution in [0.2, 0.25) is 0 Å². The van der Waals surface area contributed by atoms with Gasteiger partial charge in [-0.25, -0.2) is 0 Å². The second kappa shape index (κ2) is 5.66. The van der Waals surface area contributed by atoms with Crippen molar-refractivity contribution in [3.05, 3.63) is 42.2 Å². The van der Waals surface area contributed by atoms with E-state index >= 15 is 0 Å². The lowest BCUT2D eigenvalue weighted by molar-refractivity contribution is 0.440. The molecule has 80 valence electrons. The summed E-state index contributed by atoms with van der Waals surface area (Å²) in [4.78, 5) is 4.10. The third kappa shape index (κ3) is 3.48. The van der Waals surface area contributed by atoms with Gasteiger partial charge in [0.2, 0.25) is 0 Å². The van der Waals surface area contributed by atoms with E-state index < -0.39 is 0 Å². The molecule has 1 unspecified atom stereocenters. The Morgan fingerprint density at radius 2 is 2.40 bits per heavy atom. The van der Waals surface area contributed by atoms with Gasteiger partial charge in [0.15, 0.2) is 0 Å². The van der Waals surface area contributed by atoms with E-state index in [1.807, 2.05) is 18.5 Å². The van der Waals surface area contributed by atoms with Gasteiger partial charge in [-0.05, 0) is 43.4 Å². The summed E-state index contributed by atoms with van der Waals surface area (Å²) in [6, 6.07) is 4.10. The third-order valence-corrected chi connectivity index (χ3v) is 2.86. The van der Waals surface area contributed by atoms with E-state index in [9.17, 15) is 0 Å². The summed E-state index contributed by atoms with van der Waals surface area (Å²) in [5, 5.41) is 3.50. The van der Waals surface area contributed by atoms with Crippen molar-refractivity contribution in [2.75, 3.05) is 6.54 Å². The molecule has 15 heavy (non-hydrogen) atoms. The van der Waals surface area contributed by atoms with Crippen molar-refractivity contribution < 1.29 is 0 Å². The van der Waals surface area contributed by atoms with Crippen molar-refractivity contribution >= 4 is 0 Å². The minimum absolute atomic E-state index is 0.826. The molecule has 1 heterocycles. The average molecular weight is 202 g/mol. The standard InChI is InChI=1S/C13H18N2/c1-2-5-12(6-3-1)9-15-11-13-7-4-8-14-10-13/h1-2,4,7-8,10,12,15H,3,5-6,9,11H2. The van der Waals surface area contributed by atoms with Crippen LogP contribution in [0.4, 0.5) is 0 Å². The van der Waals surface area contributed by atoms with E-state index in [0.29, 0.717) is 0 Å². The number of rotatable bonds is 4. The number of hydrogen-bond donors (Lipinski definition) is 1. The molecule has 0 bridgehead atoms. The Hall–Kier alpha value is -1.15. The molecular weight excluding hydrogens is 184 g/mol. The molecule has 1 atom stereocenters. The van der Waals surface area contributed by atoms with Gasteiger partial charge < -0.3 is 5.32 Å². The van der Waals surface area contributed by atoms with Crippen molar-refractivity contribution in [1.82, 2.24) is 10.3 Å². The van der Waals surface area contributed by atoms with Crippen LogP contribution in [0.5, 0.6) is 0 Å². The Labute approximate surface area is 91.4 Å². The fourth-order valence-corrected chi connectivity index (χ4v) is 1.97. The predicted octanol–water partition coefficient (Wildman–Crippen LogP) is 2.53. The van der Waals surface area contributed by atoms with Crippen LogP contribution in [-0.2, 0) is 6.54 Å². The van der Waals surface area contributed by atoms with Gasteiger partial charge in [0, 0.05) is 18.9 Å². The summed E-state index contributed by atoms with van der Waals surface area (Å²) < 4.78 is 0. The zero-order valence-electron chi connectivity index (χ0n) is 9.02. The summed E-state index contributed by atoms with van der Waals surface area (Å²) in [5.41, 5.74) is 1.27. The Balaban J connectivity index is 1.68. The quantitative estimate of drug-likeness (QED) is 0.759. The zero-order chi connectivity index (χ0) is 10.3. The Morgan fingerprint density at radius 1 is 1.40 bits per heavy atom. The molecule has 1 aliphatic carbocycles.